The normalized spacial score (nSPS) is 17.5. The monoisotopic (exact) mass is 394 g/mol. The largest absolute Gasteiger partial charge is 0.366 e. The summed E-state index contributed by atoms with van der Waals surface area (Å²) in [7, 11) is 0. The summed E-state index contributed by atoms with van der Waals surface area (Å²) in [4.78, 5) is 30.5. The molecule has 0 bridgehead atoms. The Balaban J connectivity index is 1.36. The Morgan fingerprint density at radius 1 is 1.18 bits per heavy atom. The molecular weight excluding hydrogens is 372 g/mol. The van der Waals surface area contributed by atoms with E-state index in [4.69, 9.17) is 10.7 Å². The number of benzene rings is 2. The second-order valence-electron chi connectivity index (χ2n) is 7.08. The molecule has 1 fully saturated rings. The van der Waals surface area contributed by atoms with Gasteiger partial charge in [-0.1, -0.05) is 12.1 Å². The van der Waals surface area contributed by atoms with Crippen LogP contribution < -0.4 is 11.1 Å². The van der Waals surface area contributed by atoms with Gasteiger partial charge < -0.3 is 11.1 Å². The highest BCUT2D eigenvalue weighted by Gasteiger charge is 2.25. The third kappa shape index (κ3) is 4.21. The van der Waals surface area contributed by atoms with Crippen LogP contribution in [-0.4, -0.2) is 41.3 Å². The quantitative estimate of drug-likeness (QED) is 0.695. The van der Waals surface area contributed by atoms with Gasteiger partial charge >= 0.3 is 0 Å². The Kier molecular flexibility index (Phi) is 5.36. The highest BCUT2D eigenvalue weighted by Crippen LogP contribution is 2.32. The summed E-state index contributed by atoms with van der Waals surface area (Å²) in [6.07, 6.45) is 2.16. The molecule has 3 aromatic rings. The molecule has 7 heteroatoms. The Bertz CT molecular complexity index is 966. The highest BCUT2D eigenvalue weighted by atomic mass is 32.1. The molecule has 3 N–H and O–H groups in total. The number of hydrogen-bond acceptors (Lipinski definition) is 5. The van der Waals surface area contributed by atoms with Crippen LogP contribution in [0.25, 0.3) is 10.2 Å². The van der Waals surface area contributed by atoms with E-state index in [1.807, 2.05) is 18.2 Å². The summed E-state index contributed by atoms with van der Waals surface area (Å²) in [6, 6.07) is 14.8. The van der Waals surface area contributed by atoms with Crippen LogP contribution in [0.4, 0.5) is 5.69 Å². The molecule has 0 spiro atoms. The van der Waals surface area contributed by atoms with Gasteiger partial charge in [-0.05, 0) is 55.8 Å². The zero-order valence-electron chi connectivity index (χ0n) is 15.4. The minimum atomic E-state index is -0.480. The standard InChI is InChI=1S/C21H22N4O2S/c22-20(27)14-7-9-16(10-8-14)23-19(26)13-25-11-3-4-15(12-25)21-24-17-5-1-2-6-18(17)28-21/h1-2,5-10,15H,3-4,11-13H2,(H2,22,27)(H,23,26)/t15-/m0/s1. The fraction of sp³-hybridized carbons (Fsp3) is 0.286. The molecule has 2 amide bonds. The molecule has 0 radical (unpaired) electrons. The molecule has 1 saturated heterocycles. The van der Waals surface area contributed by atoms with E-state index < -0.39 is 5.91 Å². The van der Waals surface area contributed by atoms with Crippen LogP contribution in [-0.2, 0) is 4.79 Å². The maximum absolute atomic E-state index is 12.4. The minimum Gasteiger partial charge on any atom is -0.366 e. The van der Waals surface area contributed by atoms with E-state index in [1.54, 1.807) is 35.6 Å². The molecule has 6 nitrogen and oxygen atoms in total. The van der Waals surface area contributed by atoms with Crippen molar-refractivity contribution in [1.82, 2.24) is 9.88 Å². The number of amides is 2. The molecule has 0 aliphatic carbocycles. The lowest BCUT2D eigenvalue weighted by molar-refractivity contribution is -0.117. The van der Waals surface area contributed by atoms with Crippen molar-refractivity contribution in [3.8, 4) is 0 Å². The summed E-state index contributed by atoms with van der Waals surface area (Å²) in [5.74, 6) is -0.169. The predicted molar refractivity (Wildman–Crippen MR) is 112 cm³/mol. The first-order valence-electron chi connectivity index (χ1n) is 9.36. The van der Waals surface area contributed by atoms with Crippen LogP contribution in [0.2, 0.25) is 0 Å². The van der Waals surface area contributed by atoms with E-state index >= 15 is 0 Å². The molecule has 28 heavy (non-hydrogen) atoms. The van der Waals surface area contributed by atoms with Gasteiger partial charge in [-0.25, -0.2) is 4.98 Å². The van der Waals surface area contributed by atoms with E-state index in [9.17, 15) is 9.59 Å². The predicted octanol–water partition coefficient (Wildman–Crippen LogP) is 3.21. The number of hydrogen-bond donors (Lipinski definition) is 2. The van der Waals surface area contributed by atoms with E-state index in [1.165, 1.54) is 4.70 Å². The van der Waals surface area contributed by atoms with Crippen molar-refractivity contribution in [3.05, 3.63) is 59.1 Å². The van der Waals surface area contributed by atoms with Crippen molar-refractivity contribution in [3.63, 3.8) is 0 Å². The van der Waals surface area contributed by atoms with Crippen molar-refractivity contribution in [2.75, 3.05) is 25.0 Å². The van der Waals surface area contributed by atoms with Crippen LogP contribution in [0, 0.1) is 0 Å². The number of primary amides is 1. The highest BCUT2D eigenvalue weighted by molar-refractivity contribution is 7.18. The van der Waals surface area contributed by atoms with Gasteiger partial charge in [0, 0.05) is 23.7 Å². The molecule has 0 unspecified atom stereocenters. The Morgan fingerprint density at radius 3 is 2.71 bits per heavy atom. The third-order valence-corrected chi connectivity index (χ3v) is 6.18. The van der Waals surface area contributed by atoms with Gasteiger partial charge in [-0.3, -0.25) is 14.5 Å². The van der Waals surface area contributed by atoms with Gasteiger partial charge in [-0.15, -0.1) is 11.3 Å². The number of thiazole rings is 1. The number of aromatic nitrogens is 1. The Labute approximate surface area is 167 Å². The Morgan fingerprint density at radius 2 is 1.96 bits per heavy atom. The van der Waals surface area contributed by atoms with Crippen molar-refractivity contribution in [2.24, 2.45) is 5.73 Å². The van der Waals surface area contributed by atoms with E-state index in [0.29, 0.717) is 23.7 Å². The number of likely N-dealkylation sites (tertiary alicyclic amines) is 1. The SMILES string of the molecule is NC(=O)c1ccc(NC(=O)CN2CCC[C@H](c3nc4ccccc4s3)C2)cc1. The summed E-state index contributed by atoms with van der Waals surface area (Å²) in [5.41, 5.74) is 7.38. The number of carbonyl (C=O) groups excluding carboxylic acids is 2. The zero-order chi connectivity index (χ0) is 19.5. The number of nitrogens with two attached hydrogens (primary N) is 1. The average Bonchev–Trinajstić information content (AvgIpc) is 3.13. The molecule has 1 aliphatic rings. The topological polar surface area (TPSA) is 88.3 Å². The number of rotatable bonds is 5. The molecular formula is C21H22N4O2S. The number of piperidine rings is 1. The van der Waals surface area contributed by atoms with Crippen molar-refractivity contribution < 1.29 is 9.59 Å². The summed E-state index contributed by atoms with van der Waals surface area (Å²) < 4.78 is 1.21. The molecule has 0 saturated carbocycles. The second-order valence-corrected chi connectivity index (χ2v) is 8.15. The molecule has 1 atom stereocenters. The van der Waals surface area contributed by atoms with Crippen molar-refractivity contribution in [2.45, 2.75) is 18.8 Å². The molecule has 2 aromatic carbocycles. The molecule has 1 aromatic heterocycles. The maximum Gasteiger partial charge on any atom is 0.248 e. The van der Waals surface area contributed by atoms with Gasteiger partial charge in [0.25, 0.3) is 0 Å². The fourth-order valence-electron chi connectivity index (χ4n) is 3.59. The van der Waals surface area contributed by atoms with Crippen LogP contribution >= 0.6 is 11.3 Å². The van der Waals surface area contributed by atoms with E-state index in [2.05, 4.69) is 16.3 Å². The zero-order valence-corrected chi connectivity index (χ0v) is 16.2. The number of carbonyl (C=O) groups is 2. The first-order chi connectivity index (χ1) is 13.6. The molecule has 2 heterocycles. The molecule has 1 aliphatic heterocycles. The van der Waals surface area contributed by atoms with Gasteiger partial charge in [0.1, 0.15) is 0 Å². The maximum atomic E-state index is 12.4. The summed E-state index contributed by atoms with van der Waals surface area (Å²) in [5, 5.41) is 4.05. The van der Waals surface area contributed by atoms with Crippen LogP contribution in [0.3, 0.4) is 0 Å². The van der Waals surface area contributed by atoms with Crippen molar-refractivity contribution in [1.29, 1.82) is 0 Å². The van der Waals surface area contributed by atoms with Crippen LogP contribution in [0.1, 0.15) is 34.1 Å². The smallest absolute Gasteiger partial charge is 0.248 e. The number of nitrogens with one attached hydrogen (secondary N) is 1. The Hall–Kier alpha value is -2.77. The van der Waals surface area contributed by atoms with Crippen LogP contribution in [0.5, 0.6) is 0 Å². The number of anilines is 1. The fourth-order valence-corrected chi connectivity index (χ4v) is 4.68. The molecule has 4 rings (SSSR count). The molecule has 144 valence electrons. The van der Waals surface area contributed by atoms with Gasteiger partial charge in [0.2, 0.25) is 11.8 Å². The summed E-state index contributed by atoms with van der Waals surface area (Å²) in [6.45, 7) is 2.10. The number of nitrogens with zero attached hydrogens (tertiary/aromatic N) is 2. The average molecular weight is 395 g/mol. The second kappa shape index (κ2) is 8.08. The number of fused-ring (bicyclic) bond motifs is 1. The third-order valence-electron chi connectivity index (χ3n) is 4.99. The number of para-hydroxylation sites is 1. The van der Waals surface area contributed by atoms with Crippen molar-refractivity contribution >= 4 is 39.1 Å². The minimum absolute atomic E-state index is 0.0585. The van der Waals surface area contributed by atoms with E-state index in [0.717, 1.165) is 36.5 Å². The van der Waals surface area contributed by atoms with Gasteiger partial charge in [-0.2, -0.15) is 0 Å². The first-order valence-corrected chi connectivity index (χ1v) is 10.2. The van der Waals surface area contributed by atoms with Gasteiger partial charge in [0.05, 0.1) is 21.8 Å². The lowest BCUT2D eigenvalue weighted by Crippen LogP contribution is -2.39. The lowest BCUT2D eigenvalue weighted by Gasteiger charge is -2.31. The summed E-state index contributed by atoms with van der Waals surface area (Å²) >= 11 is 1.75. The first kappa shape index (κ1) is 18.6. The lowest BCUT2D eigenvalue weighted by atomic mass is 9.99. The van der Waals surface area contributed by atoms with E-state index in [-0.39, 0.29) is 5.91 Å². The van der Waals surface area contributed by atoms with Crippen LogP contribution in [0.15, 0.2) is 48.5 Å². The van der Waals surface area contributed by atoms with Gasteiger partial charge in [0.15, 0.2) is 0 Å².